The van der Waals surface area contributed by atoms with E-state index in [1.807, 2.05) is 24.3 Å². The summed E-state index contributed by atoms with van der Waals surface area (Å²) >= 11 is 3.38. The highest BCUT2D eigenvalue weighted by Gasteiger charge is 2.03. The summed E-state index contributed by atoms with van der Waals surface area (Å²) in [5.74, 6) is -0.876. The Balaban J connectivity index is 2.19. The number of rotatable bonds is 7. The van der Waals surface area contributed by atoms with E-state index >= 15 is 0 Å². The predicted molar refractivity (Wildman–Crippen MR) is 72.3 cm³/mol. The van der Waals surface area contributed by atoms with Crippen molar-refractivity contribution in [3.63, 3.8) is 0 Å². The molecule has 1 aromatic carbocycles. The van der Waals surface area contributed by atoms with Crippen LogP contribution in [0.25, 0.3) is 0 Å². The number of carboxylic acid groups (broad SMARTS) is 1. The van der Waals surface area contributed by atoms with Crippen molar-refractivity contribution in [2.75, 3.05) is 6.54 Å². The number of carboxylic acids is 1. The highest BCUT2D eigenvalue weighted by molar-refractivity contribution is 9.10. The quantitative estimate of drug-likeness (QED) is 0.759. The number of benzene rings is 1. The maximum absolute atomic E-state index is 11.5. The van der Waals surface area contributed by atoms with Gasteiger partial charge in [0, 0.05) is 23.9 Å². The van der Waals surface area contributed by atoms with Gasteiger partial charge in [-0.2, -0.15) is 0 Å². The number of hydrogen-bond acceptors (Lipinski definition) is 2. The third-order valence-corrected chi connectivity index (χ3v) is 2.91. The lowest BCUT2D eigenvalue weighted by Crippen LogP contribution is -2.25. The van der Waals surface area contributed by atoms with Gasteiger partial charge in [-0.3, -0.25) is 9.59 Å². The van der Waals surface area contributed by atoms with Crippen LogP contribution < -0.4 is 5.32 Å². The molecule has 1 rings (SSSR count). The SMILES string of the molecule is O=C(O)CCCNC(=O)CCc1cccc(Br)c1. The van der Waals surface area contributed by atoms with Crippen molar-refractivity contribution in [3.8, 4) is 0 Å². The molecule has 4 nitrogen and oxygen atoms in total. The fourth-order valence-electron chi connectivity index (χ4n) is 1.51. The second kappa shape index (κ2) is 7.87. The lowest BCUT2D eigenvalue weighted by Gasteiger charge is -2.04. The van der Waals surface area contributed by atoms with Crippen LogP contribution in [-0.2, 0) is 16.0 Å². The first-order valence-corrected chi connectivity index (χ1v) is 6.60. The van der Waals surface area contributed by atoms with Crippen LogP contribution >= 0.6 is 15.9 Å². The Morgan fingerprint density at radius 3 is 2.72 bits per heavy atom. The molecule has 0 spiro atoms. The van der Waals surface area contributed by atoms with E-state index in [0.29, 0.717) is 25.8 Å². The first-order valence-electron chi connectivity index (χ1n) is 5.81. The molecule has 0 radical (unpaired) electrons. The van der Waals surface area contributed by atoms with Crippen molar-refractivity contribution in [2.24, 2.45) is 0 Å². The van der Waals surface area contributed by atoms with Gasteiger partial charge in [-0.05, 0) is 30.5 Å². The molecule has 0 aromatic heterocycles. The maximum atomic E-state index is 11.5. The number of aliphatic carboxylic acids is 1. The third-order valence-electron chi connectivity index (χ3n) is 2.42. The van der Waals surface area contributed by atoms with Crippen molar-refractivity contribution in [1.82, 2.24) is 5.32 Å². The minimum Gasteiger partial charge on any atom is -0.481 e. The standard InChI is InChI=1S/C13H16BrNO3/c14-11-4-1-3-10(9-11)6-7-12(16)15-8-2-5-13(17)18/h1,3-4,9H,2,5-8H2,(H,15,16)(H,17,18). The van der Waals surface area contributed by atoms with Gasteiger partial charge in [0.05, 0.1) is 0 Å². The monoisotopic (exact) mass is 313 g/mol. The van der Waals surface area contributed by atoms with Crippen molar-refractivity contribution in [1.29, 1.82) is 0 Å². The van der Waals surface area contributed by atoms with E-state index in [1.54, 1.807) is 0 Å². The Morgan fingerprint density at radius 1 is 1.28 bits per heavy atom. The van der Waals surface area contributed by atoms with Gasteiger partial charge in [0.2, 0.25) is 5.91 Å². The summed E-state index contributed by atoms with van der Waals surface area (Å²) in [6.07, 6.45) is 1.66. The molecule has 0 saturated carbocycles. The molecule has 5 heteroatoms. The zero-order valence-electron chi connectivity index (χ0n) is 9.99. The van der Waals surface area contributed by atoms with E-state index in [1.165, 1.54) is 0 Å². The highest BCUT2D eigenvalue weighted by Crippen LogP contribution is 2.12. The summed E-state index contributed by atoms with van der Waals surface area (Å²) < 4.78 is 1.00. The molecule has 0 bridgehead atoms. The van der Waals surface area contributed by atoms with Crippen molar-refractivity contribution < 1.29 is 14.7 Å². The van der Waals surface area contributed by atoms with E-state index < -0.39 is 5.97 Å². The highest BCUT2D eigenvalue weighted by atomic mass is 79.9. The molecule has 98 valence electrons. The zero-order chi connectivity index (χ0) is 13.4. The summed E-state index contributed by atoms with van der Waals surface area (Å²) in [6, 6.07) is 7.83. The minimum absolute atomic E-state index is 0.0413. The summed E-state index contributed by atoms with van der Waals surface area (Å²) in [4.78, 5) is 21.7. The molecule has 0 aliphatic carbocycles. The summed E-state index contributed by atoms with van der Waals surface area (Å²) in [7, 11) is 0. The Kier molecular flexibility index (Phi) is 6.43. The molecule has 0 heterocycles. The van der Waals surface area contributed by atoms with Crippen LogP contribution in [0.1, 0.15) is 24.8 Å². The second-order valence-electron chi connectivity index (χ2n) is 3.98. The lowest BCUT2D eigenvalue weighted by atomic mass is 10.1. The van der Waals surface area contributed by atoms with E-state index in [2.05, 4.69) is 21.2 Å². The van der Waals surface area contributed by atoms with Crippen molar-refractivity contribution >= 4 is 27.8 Å². The third kappa shape index (κ3) is 6.39. The summed E-state index contributed by atoms with van der Waals surface area (Å²) in [6.45, 7) is 0.420. The largest absolute Gasteiger partial charge is 0.481 e. The average molecular weight is 314 g/mol. The molecule has 0 unspecified atom stereocenters. The first kappa shape index (κ1) is 14.7. The van der Waals surface area contributed by atoms with Gasteiger partial charge in [-0.25, -0.2) is 0 Å². The Labute approximate surface area is 115 Å². The molecule has 2 N–H and O–H groups in total. The molecule has 1 amide bonds. The van der Waals surface area contributed by atoms with Gasteiger partial charge < -0.3 is 10.4 Å². The van der Waals surface area contributed by atoms with Crippen LogP contribution in [0.15, 0.2) is 28.7 Å². The molecule has 0 atom stereocenters. The van der Waals surface area contributed by atoms with Crippen LogP contribution in [0.4, 0.5) is 0 Å². The van der Waals surface area contributed by atoms with E-state index in [9.17, 15) is 9.59 Å². The predicted octanol–water partition coefficient (Wildman–Crippen LogP) is 2.36. The van der Waals surface area contributed by atoms with Crippen LogP contribution in [0.3, 0.4) is 0 Å². The topological polar surface area (TPSA) is 66.4 Å². The summed E-state index contributed by atoms with van der Waals surface area (Å²) in [5, 5.41) is 11.1. The average Bonchev–Trinajstić information content (AvgIpc) is 2.32. The number of halogens is 1. The van der Waals surface area contributed by atoms with Gasteiger partial charge in [0.25, 0.3) is 0 Å². The van der Waals surface area contributed by atoms with Crippen LogP contribution in [0.2, 0.25) is 0 Å². The minimum atomic E-state index is -0.835. The van der Waals surface area contributed by atoms with E-state index in [0.717, 1.165) is 10.0 Å². The molecule has 0 aliphatic rings. The Bertz CT molecular complexity index is 420. The Morgan fingerprint density at radius 2 is 2.06 bits per heavy atom. The van der Waals surface area contributed by atoms with Gasteiger partial charge >= 0.3 is 5.97 Å². The van der Waals surface area contributed by atoms with Gasteiger partial charge in [0.1, 0.15) is 0 Å². The van der Waals surface area contributed by atoms with Gasteiger partial charge in [0.15, 0.2) is 0 Å². The van der Waals surface area contributed by atoms with Gasteiger partial charge in [-0.15, -0.1) is 0 Å². The fraction of sp³-hybridized carbons (Fsp3) is 0.385. The van der Waals surface area contributed by atoms with Crippen molar-refractivity contribution in [2.45, 2.75) is 25.7 Å². The molecular weight excluding hydrogens is 298 g/mol. The normalized spacial score (nSPS) is 10.1. The molecule has 0 fully saturated rings. The molecule has 0 aliphatic heterocycles. The zero-order valence-corrected chi connectivity index (χ0v) is 11.6. The second-order valence-corrected chi connectivity index (χ2v) is 4.89. The summed E-state index contributed by atoms with van der Waals surface area (Å²) in [5.41, 5.74) is 1.10. The van der Waals surface area contributed by atoms with E-state index in [4.69, 9.17) is 5.11 Å². The smallest absolute Gasteiger partial charge is 0.303 e. The molecular formula is C13H16BrNO3. The van der Waals surface area contributed by atoms with Crippen molar-refractivity contribution in [3.05, 3.63) is 34.3 Å². The first-order chi connectivity index (χ1) is 8.58. The Hall–Kier alpha value is -1.36. The number of amides is 1. The van der Waals surface area contributed by atoms with Crippen LogP contribution in [0.5, 0.6) is 0 Å². The van der Waals surface area contributed by atoms with Crippen LogP contribution in [0, 0.1) is 0 Å². The van der Waals surface area contributed by atoms with Crippen LogP contribution in [-0.4, -0.2) is 23.5 Å². The van der Waals surface area contributed by atoms with E-state index in [-0.39, 0.29) is 12.3 Å². The molecule has 0 saturated heterocycles. The number of nitrogens with one attached hydrogen (secondary N) is 1. The fourth-order valence-corrected chi connectivity index (χ4v) is 1.95. The number of carbonyl (C=O) groups excluding carboxylic acids is 1. The lowest BCUT2D eigenvalue weighted by molar-refractivity contribution is -0.137. The number of aryl methyl sites for hydroxylation is 1. The molecule has 1 aromatic rings. The van der Waals surface area contributed by atoms with Gasteiger partial charge in [-0.1, -0.05) is 28.1 Å². The number of carbonyl (C=O) groups is 2. The maximum Gasteiger partial charge on any atom is 0.303 e. The number of hydrogen-bond donors (Lipinski definition) is 2. The molecule has 18 heavy (non-hydrogen) atoms.